The molecule has 0 atom stereocenters. The minimum atomic E-state index is -0.0389. The topological polar surface area (TPSA) is 47.0 Å². The second kappa shape index (κ2) is 7.65. The fraction of sp³-hybridized carbons (Fsp3) is 0.217. The molecule has 4 rings (SSSR count). The molecular formula is C23H22ClN3OS. The number of ether oxygens (including phenoxy) is 1. The van der Waals surface area contributed by atoms with Crippen LogP contribution in [0.1, 0.15) is 31.9 Å². The van der Waals surface area contributed by atoms with E-state index >= 15 is 0 Å². The molecule has 0 amide bonds. The quantitative estimate of drug-likeness (QED) is 0.369. The van der Waals surface area contributed by atoms with Crippen LogP contribution in [0.2, 0.25) is 5.02 Å². The molecule has 0 spiro atoms. The average Bonchev–Trinajstić information content (AvgIpc) is 3.09. The predicted octanol–water partition coefficient (Wildman–Crippen LogP) is 7.49. The number of pyridine rings is 1. The maximum Gasteiger partial charge on any atom is 0.243 e. The Bertz CT molecular complexity index is 1180. The van der Waals surface area contributed by atoms with Gasteiger partial charge in [0.05, 0.1) is 10.2 Å². The number of aromatic nitrogens is 2. The maximum atomic E-state index is 6.24. The van der Waals surface area contributed by atoms with Crippen molar-refractivity contribution in [3.8, 4) is 11.6 Å². The van der Waals surface area contributed by atoms with Crippen LogP contribution < -0.4 is 10.1 Å². The summed E-state index contributed by atoms with van der Waals surface area (Å²) < 4.78 is 7.32. The molecule has 0 aliphatic heterocycles. The van der Waals surface area contributed by atoms with Gasteiger partial charge in [0.25, 0.3) is 0 Å². The summed E-state index contributed by atoms with van der Waals surface area (Å²) in [5, 5.41) is 4.86. The minimum Gasteiger partial charge on any atom is -0.437 e. The maximum absolute atomic E-state index is 6.24. The molecule has 4 nitrogen and oxygen atoms in total. The van der Waals surface area contributed by atoms with E-state index in [1.807, 2.05) is 49.4 Å². The number of anilines is 2. The first-order valence-corrected chi connectivity index (χ1v) is 10.6. The number of fused-ring (bicyclic) bond motifs is 1. The Morgan fingerprint density at radius 3 is 2.62 bits per heavy atom. The predicted molar refractivity (Wildman–Crippen MR) is 122 cm³/mol. The van der Waals surface area contributed by atoms with Crippen molar-refractivity contribution in [1.82, 2.24) is 9.97 Å². The van der Waals surface area contributed by atoms with Gasteiger partial charge in [-0.15, -0.1) is 0 Å². The number of rotatable bonds is 4. The molecular weight excluding hydrogens is 402 g/mol. The number of benzene rings is 2. The summed E-state index contributed by atoms with van der Waals surface area (Å²) in [6.45, 7) is 8.49. The molecule has 1 N–H and O–H groups in total. The van der Waals surface area contributed by atoms with E-state index in [0.717, 1.165) is 42.9 Å². The Kier molecular flexibility index (Phi) is 5.19. The lowest BCUT2D eigenvalue weighted by Crippen LogP contribution is -2.12. The molecule has 0 radical (unpaired) electrons. The van der Waals surface area contributed by atoms with Crippen LogP contribution in [-0.2, 0) is 5.41 Å². The number of nitrogens with one attached hydrogen (secondary N) is 1. The van der Waals surface area contributed by atoms with E-state index in [1.165, 1.54) is 0 Å². The fourth-order valence-electron chi connectivity index (χ4n) is 3.12. The van der Waals surface area contributed by atoms with E-state index in [9.17, 15) is 0 Å². The van der Waals surface area contributed by atoms with Crippen molar-refractivity contribution in [2.24, 2.45) is 0 Å². The van der Waals surface area contributed by atoms with E-state index < -0.39 is 0 Å². The number of hydrogen-bond donors (Lipinski definition) is 1. The van der Waals surface area contributed by atoms with Crippen LogP contribution in [0.25, 0.3) is 10.2 Å². The molecule has 0 fully saturated rings. The van der Waals surface area contributed by atoms with Gasteiger partial charge in [-0.1, -0.05) is 61.9 Å². The number of hydrogen-bond acceptors (Lipinski definition) is 5. The fourth-order valence-corrected chi connectivity index (χ4v) is 4.21. The number of nitrogens with zero attached hydrogens (tertiary/aromatic N) is 2. The lowest BCUT2D eigenvalue weighted by atomic mass is 9.86. The highest BCUT2D eigenvalue weighted by atomic mass is 35.5. The minimum absolute atomic E-state index is 0.0389. The molecule has 2 heterocycles. The summed E-state index contributed by atoms with van der Waals surface area (Å²) in [7, 11) is 0. The molecule has 4 aromatic rings. The van der Waals surface area contributed by atoms with Crippen LogP contribution in [0.4, 0.5) is 10.8 Å². The van der Waals surface area contributed by atoms with E-state index in [1.54, 1.807) is 17.5 Å². The molecule has 148 valence electrons. The van der Waals surface area contributed by atoms with Crippen LogP contribution in [0, 0.1) is 6.92 Å². The Labute approximate surface area is 179 Å². The van der Waals surface area contributed by atoms with Gasteiger partial charge in [-0.05, 0) is 48.2 Å². The third-order valence-corrected chi connectivity index (χ3v) is 6.01. The first kappa shape index (κ1) is 19.7. The van der Waals surface area contributed by atoms with Gasteiger partial charge in [0.15, 0.2) is 5.13 Å². The molecule has 29 heavy (non-hydrogen) atoms. The highest BCUT2D eigenvalue weighted by Crippen LogP contribution is 2.38. The van der Waals surface area contributed by atoms with Crippen LogP contribution in [0.3, 0.4) is 0 Å². The van der Waals surface area contributed by atoms with Crippen LogP contribution >= 0.6 is 22.9 Å². The van der Waals surface area contributed by atoms with Crippen LogP contribution in [0.15, 0.2) is 54.7 Å². The van der Waals surface area contributed by atoms with E-state index in [4.69, 9.17) is 21.3 Å². The van der Waals surface area contributed by atoms with Gasteiger partial charge >= 0.3 is 0 Å². The summed E-state index contributed by atoms with van der Waals surface area (Å²) in [5.41, 5.74) is 3.74. The highest BCUT2D eigenvalue weighted by Gasteiger charge is 2.20. The SMILES string of the molecule is Cc1c(Cl)ccc2sc(Nc3cccnc3Oc3ccccc3C(C)(C)C)nc12. The molecule has 0 bridgehead atoms. The molecule has 0 saturated carbocycles. The molecule has 2 aromatic heterocycles. The van der Waals surface area contributed by atoms with Gasteiger partial charge in [0.1, 0.15) is 11.4 Å². The third-order valence-electron chi connectivity index (χ3n) is 4.66. The molecule has 0 aliphatic carbocycles. The zero-order chi connectivity index (χ0) is 20.6. The molecule has 0 aliphatic rings. The number of para-hydroxylation sites is 1. The molecule has 0 saturated heterocycles. The zero-order valence-corrected chi connectivity index (χ0v) is 18.4. The summed E-state index contributed by atoms with van der Waals surface area (Å²) in [5.74, 6) is 1.31. The monoisotopic (exact) mass is 423 g/mol. The van der Waals surface area contributed by atoms with Gasteiger partial charge < -0.3 is 10.1 Å². The first-order chi connectivity index (χ1) is 13.8. The Hall–Kier alpha value is -2.63. The number of aryl methyl sites for hydroxylation is 1. The first-order valence-electron chi connectivity index (χ1n) is 9.38. The standard InChI is InChI=1S/C23H22ClN3OS/c1-14-16(24)11-12-19-20(14)27-22(29-19)26-17-9-7-13-25-21(17)28-18-10-6-5-8-15(18)23(2,3)4/h5-13H,1-4H3,(H,26,27). The number of halogens is 1. The van der Waals surface area contributed by atoms with E-state index in [2.05, 4.69) is 37.1 Å². The van der Waals surface area contributed by atoms with E-state index in [-0.39, 0.29) is 5.41 Å². The Balaban J connectivity index is 1.68. The van der Waals surface area contributed by atoms with Crippen molar-refractivity contribution < 1.29 is 4.74 Å². The van der Waals surface area contributed by atoms with Crippen molar-refractivity contribution in [3.63, 3.8) is 0 Å². The van der Waals surface area contributed by atoms with Gasteiger partial charge in [-0.2, -0.15) is 0 Å². The lowest BCUT2D eigenvalue weighted by molar-refractivity contribution is 0.442. The van der Waals surface area contributed by atoms with Crippen LogP contribution in [0.5, 0.6) is 11.6 Å². The van der Waals surface area contributed by atoms with Gasteiger partial charge in [0.2, 0.25) is 5.88 Å². The zero-order valence-electron chi connectivity index (χ0n) is 16.8. The van der Waals surface area contributed by atoms with Gasteiger partial charge in [0, 0.05) is 16.8 Å². The van der Waals surface area contributed by atoms with Crippen molar-refractivity contribution in [2.75, 3.05) is 5.32 Å². The summed E-state index contributed by atoms with van der Waals surface area (Å²) in [6.07, 6.45) is 1.72. The third kappa shape index (κ3) is 4.07. The molecule has 2 aromatic carbocycles. The summed E-state index contributed by atoms with van der Waals surface area (Å²) in [4.78, 5) is 9.16. The second-order valence-corrected chi connectivity index (χ2v) is 9.31. The average molecular weight is 424 g/mol. The summed E-state index contributed by atoms with van der Waals surface area (Å²) in [6, 6.07) is 15.8. The van der Waals surface area contributed by atoms with E-state index in [0.29, 0.717) is 5.88 Å². The Morgan fingerprint density at radius 2 is 1.83 bits per heavy atom. The summed E-state index contributed by atoms with van der Waals surface area (Å²) >= 11 is 7.81. The Morgan fingerprint density at radius 1 is 1.03 bits per heavy atom. The number of thiazole rings is 1. The largest absolute Gasteiger partial charge is 0.437 e. The lowest BCUT2D eigenvalue weighted by Gasteiger charge is -2.22. The smallest absolute Gasteiger partial charge is 0.243 e. The molecule has 6 heteroatoms. The highest BCUT2D eigenvalue weighted by molar-refractivity contribution is 7.22. The second-order valence-electron chi connectivity index (χ2n) is 7.87. The van der Waals surface area contributed by atoms with Gasteiger partial charge in [-0.25, -0.2) is 9.97 Å². The molecule has 0 unspecified atom stereocenters. The van der Waals surface area contributed by atoms with Crippen LogP contribution in [-0.4, -0.2) is 9.97 Å². The van der Waals surface area contributed by atoms with Crippen molar-refractivity contribution in [3.05, 3.63) is 70.9 Å². The normalized spacial score (nSPS) is 11.6. The van der Waals surface area contributed by atoms with Gasteiger partial charge in [-0.3, -0.25) is 0 Å². The van der Waals surface area contributed by atoms with Crippen molar-refractivity contribution >= 4 is 44.0 Å². The van der Waals surface area contributed by atoms with Crippen molar-refractivity contribution in [1.29, 1.82) is 0 Å². The van der Waals surface area contributed by atoms with Crippen molar-refractivity contribution in [2.45, 2.75) is 33.1 Å².